The van der Waals surface area contributed by atoms with Crippen molar-refractivity contribution in [2.45, 2.75) is 82.1 Å². The van der Waals surface area contributed by atoms with Gasteiger partial charge in [0.15, 0.2) is 11.5 Å². The summed E-state index contributed by atoms with van der Waals surface area (Å²) in [6.45, 7) is 6.73. The smallest absolute Gasteiger partial charge is 0.475 e. The summed E-state index contributed by atoms with van der Waals surface area (Å²) in [5, 5.41) is 21.6. The van der Waals surface area contributed by atoms with Crippen LogP contribution in [0.25, 0.3) is 16.8 Å². The maximum absolute atomic E-state index is 13.6. The van der Waals surface area contributed by atoms with Crippen LogP contribution in [0, 0.1) is 6.92 Å². The number of carbonyl (C=O) groups is 3. The number of hydrogen-bond acceptors (Lipinski definition) is 12. The lowest BCUT2D eigenvalue weighted by Crippen LogP contribution is -2.49. The molecule has 3 aromatic carbocycles. The minimum atomic E-state index is -3.75. The van der Waals surface area contributed by atoms with Crippen LogP contribution in [0.4, 0.5) is 14.6 Å². The molecule has 1 aliphatic carbocycles. The third-order valence-electron chi connectivity index (χ3n) is 13.4. The SMILES string of the molecule is Cc1ccc(NC(=O)C2(c3ccc4c(c3)OC(F)(F)O4)CC2)nc1-c1cccc(C(=O)NCCCOCCOCCOc2ccc3c(=O)n(CC4(O)CCN(C(=O)C[C@@H](C)c5ccccc5)CC4)cnn23)c1. The Bertz CT molecular complexity index is 2990. The molecule has 9 rings (SSSR count). The number of benzene rings is 3. The molecule has 2 aliphatic heterocycles. The molecule has 1 saturated heterocycles. The van der Waals surface area contributed by atoms with Crippen molar-refractivity contribution in [3.8, 4) is 28.6 Å². The van der Waals surface area contributed by atoms with Crippen LogP contribution in [0.2, 0.25) is 0 Å². The highest BCUT2D eigenvalue weighted by Crippen LogP contribution is 2.52. The van der Waals surface area contributed by atoms with E-state index in [0.29, 0.717) is 118 Å². The molecule has 0 bridgehead atoms. The van der Waals surface area contributed by atoms with Gasteiger partial charge < -0.3 is 44.3 Å². The summed E-state index contributed by atoms with van der Waals surface area (Å²) in [5.74, 6) is 0.0567. The van der Waals surface area contributed by atoms with E-state index in [2.05, 4.69) is 25.2 Å². The summed E-state index contributed by atoms with van der Waals surface area (Å²) in [6.07, 6.45) is 0.370. The first kappa shape index (κ1) is 49.7. The molecule has 1 atom stereocenters. The van der Waals surface area contributed by atoms with Crippen molar-refractivity contribution >= 4 is 29.1 Å². The van der Waals surface area contributed by atoms with Crippen LogP contribution < -0.4 is 30.4 Å². The number of nitrogens with zero attached hydrogens (tertiary/aromatic N) is 5. The number of aliphatic hydroxyl groups is 1. The molecule has 17 nitrogen and oxygen atoms in total. The van der Waals surface area contributed by atoms with Gasteiger partial charge in [-0.1, -0.05) is 61.5 Å². The molecule has 72 heavy (non-hydrogen) atoms. The topological polar surface area (TPSA) is 197 Å². The number of anilines is 1. The van der Waals surface area contributed by atoms with Crippen LogP contribution in [0.3, 0.4) is 0 Å². The number of alkyl halides is 2. The molecule has 1 saturated carbocycles. The Morgan fingerprint density at radius 3 is 2.38 bits per heavy atom. The normalized spacial score (nSPS) is 16.5. The van der Waals surface area contributed by atoms with Gasteiger partial charge in [-0.05, 0) is 98.0 Å². The molecule has 6 aromatic rings. The van der Waals surface area contributed by atoms with E-state index >= 15 is 0 Å². The molecule has 0 radical (unpaired) electrons. The molecule has 3 aromatic heterocycles. The maximum atomic E-state index is 13.6. The number of fused-ring (bicyclic) bond motifs is 2. The van der Waals surface area contributed by atoms with Gasteiger partial charge in [-0.15, -0.1) is 8.78 Å². The number of hydrogen-bond donors (Lipinski definition) is 3. The number of likely N-dealkylation sites (tertiary alicyclic amines) is 1. The molecule has 3 N–H and O–H groups in total. The van der Waals surface area contributed by atoms with E-state index in [1.807, 2.05) is 56.3 Å². The van der Waals surface area contributed by atoms with Crippen LogP contribution in [-0.4, -0.2) is 111 Å². The lowest BCUT2D eigenvalue weighted by atomic mass is 9.90. The number of aromatic nitrogens is 4. The number of piperidine rings is 1. The number of halogens is 2. The predicted molar refractivity (Wildman–Crippen MR) is 260 cm³/mol. The number of amides is 3. The zero-order valence-electron chi connectivity index (χ0n) is 40.1. The van der Waals surface area contributed by atoms with Gasteiger partial charge in [0.1, 0.15) is 24.3 Å². The number of carbonyl (C=O) groups excluding carboxylic acids is 3. The number of pyridine rings is 1. The molecule has 5 heterocycles. The van der Waals surface area contributed by atoms with Crippen molar-refractivity contribution in [1.29, 1.82) is 0 Å². The highest BCUT2D eigenvalue weighted by atomic mass is 19.3. The standard InChI is InChI=1S/C53H57F2N7O10/c1-35-12-16-44(59-50(66)52(18-19-52)40-13-15-42-43(32-40)72-53(54,55)71-42)58-47(35)38-10-6-11-39(31-38)48(64)56-22-7-25-68-26-27-69-28-29-70-46-17-14-41-49(65)61(34-57-62(41)46)33-51(67)20-23-60(24-21-51)45(63)30-36(2)37-8-4-3-5-9-37/h3-6,8-17,31-32,34,36,67H,7,18-30,33H2,1-2H3,(H,56,64)(H,58,59,66)/t36-/m1/s1. The third-order valence-corrected chi connectivity index (χ3v) is 13.4. The van der Waals surface area contributed by atoms with Crippen molar-refractivity contribution in [2.75, 3.05) is 58.0 Å². The fourth-order valence-corrected chi connectivity index (χ4v) is 9.12. The first-order chi connectivity index (χ1) is 34.7. The van der Waals surface area contributed by atoms with Crippen LogP contribution in [0.15, 0.2) is 108 Å². The predicted octanol–water partition coefficient (Wildman–Crippen LogP) is 6.64. The van der Waals surface area contributed by atoms with Crippen LogP contribution in [0.1, 0.15) is 78.4 Å². The molecule has 19 heteroatoms. The Hall–Kier alpha value is -7.22. The molecule has 378 valence electrons. The van der Waals surface area contributed by atoms with E-state index in [4.69, 9.17) is 19.2 Å². The number of aryl methyl sites for hydroxylation is 1. The fraction of sp³-hybridized carbons (Fsp3) is 0.396. The van der Waals surface area contributed by atoms with E-state index in [9.17, 15) is 33.1 Å². The first-order valence-electron chi connectivity index (χ1n) is 24.2. The monoisotopic (exact) mass is 989 g/mol. The molecule has 3 amide bonds. The average molecular weight is 990 g/mol. The second-order valence-corrected chi connectivity index (χ2v) is 18.6. The second-order valence-electron chi connectivity index (χ2n) is 18.6. The zero-order valence-corrected chi connectivity index (χ0v) is 40.1. The van der Waals surface area contributed by atoms with E-state index < -0.39 is 17.3 Å². The van der Waals surface area contributed by atoms with Gasteiger partial charge in [-0.3, -0.25) is 23.7 Å². The van der Waals surface area contributed by atoms with E-state index in [0.717, 1.165) is 11.1 Å². The minimum absolute atomic E-state index is 0.0554. The lowest BCUT2D eigenvalue weighted by molar-refractivity contribution is -0.286. The second kappa shape index (κ2) is 21.2. The van der Waals surface area contributed by atoms with Crippen LogP contribution in [0.5, 0.6) is 17.4 Å². The maximum Gasteiger partial charge on any atom is 0.586 e. The Morgan fingerprint density at radius 2 is 1.60 bits per heavy atom. The Balaban J connectivity index is 0.654. The zero-order chi connectivity index (χ0) is 50.5. The molecule has 0 unspecified atom stereocenters. The Morgan fingerprint density at radius 1 is 0.847 bits per heavy atom. The molecular formula is C53H57F2N7O10. The van der Waals surface area contributed by atoms with Gasteiger partial charge in [0.25, 0.3) is 11.5 Å². The lowest BCUT2D eigenvalue weighted by Gasteiger charge is -2.38. The Kier molecular flexibility index (Phi) is 14.7. The quantitative estimate of drug-likeness (QED) is 0.0652. The summed E-state index contributed by atoms with van der Waals surface area (Å²) in [4.78, 5) is 59.6. The van der Waals surface area contributed by atoms with Crippen molar-refractivity contribution < 1.29 is 52.0 Å². The highest BCUT2D eigenvalue weighted by molar-refractivity contribution is 6.01. The summed E-state index contributed by atoms with van der Waals surface area (Å²) >= 11 is 0. The van der Waals surface area contributed by atoms with Crippen molar-refractivity contribution in [2.24, 2.45) is 0 Å². The van der Waals surface area contributed by atoms with Gasteiger partial charge in [0.05, 0.1) is 43.1 Å². The van der Waals surface area contributed by atoms with E-state index in [1.54, 1.807) is 47.4 Å². The number of ether oxygens (including phenoxy) is 5. The molecular weight excluding hydrogens is 933 g/mol. The van der Waals surface area contributed by atoms with Crippen molar-refractivity contribution in [3.63, 3.8) is 0 Å². The minimum Gasteiger partial charge on any atom is -0.475 e. The summed E-state index contributed by atoms with van der Waals surface area (Å²) in [7, 11) is 0. The van der Waals surface area contributed by atoms with Crippen LogP contribution >= 0.6 is 0 Å². The van der Waals surface area contributed by atoms with Gasteiger partial charge >= 0.3 is 6.29 Å². The number of rotatable bonds is 21. The molecule has 2 fully saturated rings. The summed E-state index contributed by atoms with van der Waals surface area (Å²) in [5.41, 5.74) is 2.14. The highest BCUT2D eigenvalue weighted by Gasteiger charge is 2.53. The van der Waals surface area contributed by atoms with Gasteiger partial charge in [-0.25, -0.2) is 4.98 Å². The van der Waals surface area contributed by atoms with Crippen molar-refractivity contribution in [1.82, 2.24) is 29.4 Å². The Labute approximate surface area is 414 Å². The molecule has 3 aliphatic rings. The average Bonchev–Trinajstić information content (AvgIpc) is 3.99. The van der Waals surface area contributed by atoms with Gasteiger partial charge in [0, 0.05) is 49.9 Å². The van der Waals surface area contributed by atoms with Crippen molar-refractivity contribution in [3.05, 3.63) is 136 Å². The fourth-order valence-electron chi connectivity index (χ4n) is 9.12. The summed E-state index contributed by atoms with van der Waals surface area (Å²) in [6, 6.07) is 28.2. The first-order valence-corrected chi connectivity index (χ1v) is 24.2. The number of nitrogens with one attached hydrogen (secondary N) is 2. The van der Waals surface area contributed by atoms with E-state index in [1.165, 1.54) is 27.5 Å². The van der Waals surface area contributed by atoms with Crippen LogP contribution in [-0.2, 0) is 31.0 Å². The summed E-state index contributed by atoms with van der Waals surface area (Å²) < 4.78 is 56.4. The van der Waals surface area contributed by atoms with Gasteiger partial charge in [-0.2, -0.15) is 9.61 Å². The third kappa shape index (κ3) is 11.4. The van der Waals surface area contributed by atoms with Gasteiger partial charge in [0.2, 0.25) is 17.7 Å². The largest absolute Gasteiger partial charge is 0.586 e. The van der Waals surface area contributed by atoms with E-state index in [-0.39, 0.29) is 60.5 Å². The molecule has 0 spiro atoms.